The minimum absolute atomic E-state index is 0.0687. The molecular formula is C19H36N6O6. The highest BCUT2D eigenvalue weighted by atomic mass is 16.4. The second-order valence-corrected chi connectivity index (χ2v) is 7.69. The average Bonchev–Trinajstić information content (AvgIpc) is 2.68. The van der Waals surface area contributed by atoms with Gasteiger partial charge in [0.1, 0.15) is 0 Å². The summed E-state index contributed by atoms with van der Waals surface area (Å²) in [5, 5.41) is 23.5. The maximum absolute atomic E-state index is 12.4. The van der Waals surface area contributed by atoms with Gasteiger partial charge in [-0.25, -0.2) is 0 Å². The zero-order chi connectivity index (χ0) is 23.2. The van der Waals surface area contributed by atoms with Crippen LogP contribution in [0, 0.1) is 0 Å². The predicted octanol–water partition coefficient (Wildman–Crippen LogP) is -2.56. The summed E-state index contributed by atoms with van der Waals surface area (Å²) in [7, 11) is 0. The lowest BCUT2D eigenvalue weighted by molar-refractivity contribution is -0.139. The molecule has 1 aliphatic rings. The molecule has 0 saturated carbocycles. The van der Waals surface area contributed by atoms with E-state index in [2.05, 4.69) is 10.6 Å². The summed E-state index contributed by atoms with van der Waals surface area (Å²) in [5.74, 6) is -2.35. The van der Waals surface area contributed by atoms with Crippen molar-refractivity contribution >= 4 is 23.8 Å². The van der Waals surface area contributed by atoms with E-state index in [1.54, 1.807) is 4.90 Å². The van der Waals surface area contributed by atoms with E-state index >= 15 is 0 Å². The van der Waals surface area contributed by atoms with Crippen molar-refractivity contribution in [2.24, 2.45) is 5.73 Å². The average molecular weight is 445 g/mol. The van der Waals surface area contributed by atoms with Crippen LogP contribution in [0.1, 0.15) is 19.8 Å². The molecule has 178 valence electrons. The monoisotopic (exact) mass is 444 g/mol. The number of carbonyl (C=O) groups excluding carboxylic acids is 2. The molecule has 0 aromatic heterocycles. The number of nitrogens with one attached hydrogen (secondary N) is 2. The Bertz CT molecular complexity index is 596. The van der Waals surface area contributed by atoms with Crippen LogP contribution < -0.4 is 16.4 Å². The molecule has 1 heterocycles. The molecule has 0 radical (unpaired) electrons. The van der Waals surface area contributed by atoms with Crippen molar-refractivity contribution in [3.63, 3.8) is 0 Å². The number of hydrogen-bond donors (Lipinski definition) is 5. The summed E-state index contributed by atoms with van der Waals surface area (Å²) >= 11 is 0. The van der Waals surface area contributed by atoms with E-state index in [0.29, 0.717) is 45.8 Å². The van der Waals surface area contributed by atoms with Crippen molar-refractivity contribution in [1.29, 1.82) is 0 Å². The largest absolute Gasteiger partial charge is 0.480 e. The van der Waals surface area contributed by atoms with Gasteiger partial charge in [0.15, 0.2) is 0 Å². The van der Waals surface area contributed by atoms with Gasteiger partial charge in [0, 0.05) is 45.3 Å². The van der Waals surface area contributed by atoms with E-state index in [4.69, 9.17) is 15.9 Å². The van der Waals surface area contributed by atoms with Gasteiger partial charge in [-0.15, -0.1) is 0 Å². The lowest BCUT2D eigenvalue weighted by Gasteiger charge is -2.32. The Balaban J connectivity index is 2.37. The van der Waals surface area contributed by atoms with Gasteiger partial charge in [-0.1, -0.05) is 6.92 Å². The number of carbonyl (C=O) groups is 4. The van der Waals surface area contributed by atoms with Crippen LogP contribution in [0.25, 0.3) is 0 Å². The SMILES string of the molecule is CCN(CCN(CCNCC(=O)O)CC(=O)O)CC(=O)NC1CCN(CC(N)=O)CC1. The molecule has 0 aliphatic carbocycles. The quantitative estimate of drug-likeness (QED) is 0.160. The van der Waals surface area contributed by atoms with Crippen LogP contribution in [0.2, 0.25) is 0 Å². The fourth-order valence-electron chi connectivity index (χ4n) is 3.46. The lowest BCUT2D eigenvalue weighted by Crippen LogP contribution is -2.49. The molecule has 0 unspecified atom stereocenters. The number of carboxylic acids is 2. The van der Waals surface area contributed by atoms with Crippen LogP contribution in [0.3, 0.4) is 0 Å². The Morgan fingerprint density at radius 2 is 1.65 bits per heavy atom. The maximum Gasteiger partial charge on any atom is 0.317 e. The van der Waals surface area contributed by atoms with Crippen molar-refractivity contribution in [2.45, 2.75) is 25.8 Å². The molecule has 2 amide bonds. The molecular weight excluding hydrogens is 408 g/mol. The van der Waals surface area contributed by atoms with Crippen LogP contribution >= 0.6 is 0 Å². The van der Waals surface area contributed by atoms with Gasteiger partial charge in [0.25, 0.3) is 0 Å². The van der Waals surface area contributed by atoms with Crippen LogP contribution in [0.15, 0.2) is 0 Å². The van der Waals surface area contributed by atoms with Crippen molar-refractivity contribution < 1.29 is 29.4 Å². The fourth-order valence-corrected chi connectivity index (χ4v) is 3.46. The van der Waals surface area contributed by atoms with Crippen molar-refractivity contribution in [3.05, 3.63) is 0 Å². The van der Waals surface area contributed by atoms with Gasteiger partial charge in [-0.05, 0) is 19.4 Å². The standard InChI is InChI=1S/C19H36N6O6/c1-2-23(9-10-25(14-19(30)31)8-5-21-11-18(28)29)13-17(27)22-15-3-6-24(7-4-15)12-16(20)26/h15,21H,2-14H2,1H3,(H2,20,26)(H,22,27)(H,28,29)(H,30,31). The Kier molecular flexibility index (Phi) is 12.7. The minimum Gasteiger partial charge on any atom is -0.480 e. The molecule has 6 N–H and O–H groups in total. The van der Waals surface area contributed by atoms with E-state index in [1.165, 1.54) is 0 Å². The second kappa shape index (κ2) is 14.7. The number of piperidine rings is 1. The molecule has 0 aromatic rings. The molecule has 1 rings (SSSR count). The van der Waals surface area contributed by atoms with E-state index in [-0.39, 0.29) is 44.0 Å². The van der Waals surface area contributed by atoms with Crippen molar-refractivity contribution in [1.82, 2.24) is 25.3 Å². The van der Waals surface area contributed by atoms with Crippen molar-refractivity contribution in [3.8, 4) is 0 Å². The van der Waals surface area contributed by atoms with Crippen LogP contribution in [-0.4, -0.2) is 127 Å². The molecule has 0 spiro atoms. The highest BCUT2D eigenvalue weighted by Crippen LogP contribution is 2.09. The minimum atomic E-state index is -0.966. The number of likely N-dealkylation sites (tertiary alicyclic amines) is 1. The Hall–Kier alpha value is -2.28. The Morgan fingerprint density at radius 1 is 1.00 bits per heavy atom. The normalized spacial score (nSPS) is 15.3. The Labute approximate surface area is 182 Å². The predicted molar refractivity (Wildman–Crippen MR) is 113 cm³/mol. The number of amides is 2. The molecule has 1 saturated heterocycles. The van der Waals surface area contributed by atoms with Gasteiger partial charge in [-0.2, -0.15) is 0 Å². The molecule has 0 atom stereocenters. The molecule has 12 heteroatoms. The second-order valence-electron chi connectivity index (χ2n) is 7.69. The number of aliphatic carboxylic acids is 2. The summed E-state index contributed by atoms with van der Waals surface area (Å²) in [6.45, 7) is 5.87. The third-order valence-electron chi connectivity index (χ3n) is 5.12. The van der Waals surface area contributed by atoms with Crippen LogP contribution in [0.5, 0.6) is 0 Å². The number of nitrogens with two attached hydrogens (primary N) is 1. The number of nitrogens with zero attached hydrogens (tertiary/aromatic N) is 3. The number of primary amides is 1. The first kappa shape index (κ1) is 26.8. The van der Waals surface area contributed by atoms with Gasteiger partial charge in [-0.3, -0.25) is 33.9 Å². The molecule has 0 aromatic carbocycles. The topological polar surface area (TPSA) is 169 Å². The number of rotatable bonds is 16. The summed E-state index contributed by atoms with van der Waals surface area (Å²) < 4.78 is 0. The number of likely N-dealkylation sites (N-methyl/N-ethyl adjacent to an activating group) is 1. The fraction of sp³-hybridized carbons (Fsp3) is 0.789. The maximum atomic E-state index is 12.4. The molecule has 12 nitrogen and oxygen atoms in total. The molecule has 1 fully saturated rings. The summed E-state index contributed by atoms with van der Waals surface area (Å²) in [4.78, 5) is 50.7. The summed E-state index contributed by atoms with van der Waals surface area (Å²) in [6, 6.07) is 0.0687. The van der Waals surface area contributed by atoms with E-state index < -0.39 is 11.9 Å². The summed E-state index contributed by atoms with van der Waals surface area (Å²) in [6.07, 6.45) is 1.53. The van der Waals surface area contributed by atoms with Gasteiger partial charge < -0.3 is 26.6 Å². The van der Waals surface area contributed by atoms with E-state index in [9.17, 15) is 19.2 Å². The van der Waals surface area contributed by atoms with Gasteiger partial charge in [0.2, 0.25) is 11.8 Å². The number of carboxylic acid groups (broad SMARTS) is 2. The summed E-state index contributed by atoms with van der Waals surface area (Å²) in [5.41, 5.74) is 5.21. The zero-order valence-corrected chi connectivity index (χ0v) is 18.2. The first-order chi connectivity index (χ1) is 14.7. The zero-order valence-electron chi connectivity index (χ0n) is 18.2. The molecule has 0 bridgehead atoms. The third-order valence-corrected chi connectivity index (χ3v) is 5.12. The Morgan fingerprint density at radius 3 is 2.19 bits per heavy atom. The van der Waals surface area contributed by atoms with E-state index in [0.717, 1.165) is 12.8 Å². The highest BCUT2D eigenvalue weighted by molar-refractivity contribution is 5.78. The first-order valence-electron chi connectivity index (χ1n) is 10.6. The van der Waals surface area contributed by atoms with Gasteiger partial charge >= 0.3 is 11.9 Å². The van der Waals surface area contributed by atoms with E-state index in [1.807, 2.05) is 16.7 Å². The third kappa shape index (κ3) is 12.9. The van der Waals surface area contributed by atoms with Crippen LogP contribution in [0.4, 0.5) is 0 Å². The molecule has 31 heavy (non-hydrogen) atoms. The smallest absolute Gasteiger partial charge is 0.317 e. The van der Waals surface area contributed by atoms with Crippen LogP contribution in [-0.2, 0) is 19.2 Å². The van der Waals surface area contributed by atoms with Crippen molar-refractivity contribution in [2.75, 3.05) is 72.0 Å². The first-order valence-corrected chi connectivity index (χ1v) is 10.6. The molecule has 1 aliphatic heterocycles. The lowest BCUT2D eigenvalue weighted by atomic mass is 10.0. The number of hydrogen-bond acceptors (Lipinski definition) is 8. The van der Waals surface area contributed by atoms with Gasteiger partial charge in [0.05, 0.1) is 26.2 Å². The highest BCUT2D eigenvalue weighted by Gasteiger charge is 2.22.